The first-order valence-electron chi connectivity index (χ1n) is 50.0. The van der Waals surface area contributed by atoms with E-state index in [1.54, 1.807) is 22.8 Å². The average Bonchev–Trinajstić information content (AvgIpc) is 1.62. The number of morpholine rings is 5. The lowest BCUT2D eigenvalue weighted by atomic mass is 9.93. The zero-order valence-corrected chi connectivity index (χ0v) is 87.0. The van der Waals surface area contributed by atoms with Crippen molar-refractivity contribution in [3.63, 3.8) is 0 Å². The molecule has 0 radical (unpaired) electrons. The topological polar surface area (TPSA) is 470 Å². The van der Waals surface area contributed by atoms with Crippen LogP contribution in [0.2, 0.25) is 0 Å². The predicted octanol–water partition coefficient (Wildman–Crippen LogP) is 16.4. The van der Waals surface area contributed by atoms with Crippen LogP contribution < -0.4 is 74.3 Å². The van der Waals surface area contributed by atoms with Crippen molar-refractivity contribution in [2.45, 2.75) is 140 Å². The minimum Gasteiger partial charge on any atom is -0.508 e. The fourth-order valence-electron chi connectivity index (χ4n) is 18.4. The van der Waals surface area contributed by atoms with Gasteiger partial charge in [0.05, 0.1) is 99.8 Å². The third kappa shape index (κ3) is 27.8. The van der Waals surface area contributed by atoms with E-state index in [0.29, 0.717) is 106 Å². The lowest BCUT2D eigenvalue weighted by Crippen LogP contribution is -2.44. The third-order valence-corrected chi connectivity index (χ3v) is 26.3. The second-order valence-electron chi connectivity index (χ2n) is 38.3. The molecule has 10 aromatic carbocycles. The van der Waals surface area contributed by atoms with E-state index in [9.17, 15) is 54.0 Å². The van der Waals surface area contributed by atoms with Crippen molar-refractivity contribution in [1.29, 1.82) is 0 Å². The first kappa shape index (κ1) is 110. The van der Waals surface area contributed by atoms with Gasteiger partial charge in [-0.05, 0) is 284 Å². The Morgan fingerprint density at radius 1 is 0.311 bits per heavy atom. The van der Waals surface area contributed by atoms with Crippen LogP contribution in [0.1, 0.15) is 181 Å². The summed E-state index contributed by atoms with van der Waals surface area (Å²) in [5.41, 5.74) is 28.8. The number of phenolic OH excluding ortho intramolecular Hbond substituents is 4. The van der Waals surface area contributed by atoms with E-state index >= 15 is 0 Å². The molecule has 13 aromatic rings. The van der Waals surface area contributed by atoms with Crippen LogP contribution in [-0.2, 0) is 23.7 Å². The van der Waals surface area contributed by atoms with Crippen LogP contribution in [-0.4, -0.2) is 225 Å². The molecule has 784 valence electrons. The Hall–Kier alpha value is -15.5. The second kappa shape index (κ2) is 51.0. The second-order valence-corrected chi connectivity index (χ2v) is 38.3. The molecule has 18 rings (SSSR count). The van der Waals surface area contributed by atoms with Gasteiger partial charge in [0, 0.05) is 129 Å². The summed E-state index contributed by atoms with van der Waals surface area (Å²) in [5.74, 6) is 5.94. The molecular formula is C111H138N20O17. The number of H-pyrrole nitrogens is 3. The first-order chi connectivity index (χ1) is 70.9. The largest absolute Gasteiger partial charge is 0.508 e. The number of nitrogens with one attached hydrogen (secondary N) is 8. The number of nitrogens with zero attached hydrogens (tertiary/aromatic N) is 11. The van der Waals surface area contributed by atoms with Gasteiger partial charge in [-0.25, -0.2) is 69.0 Å². The van der Waals surface area contributed by atoms with E-state index in [1.165, 1.54) is 38.0 Å². The molecule has 0 atom stereocenters. The Kier molecular flexibility index (Phi) is 37.8. The standard InChI is InChI=1S/C23H30N4O3.C23H28N4O2.2C21H24N4O4.C12H16O2.C11H16N4O2/c1-15(2)20-14-21(17(4)13-16(20)3)22(28)25-26-23(29)24-18-5-7-19(8-6-18)27-9-11-30-12-10-27;1-15(2)20-14-21(17(4)13-16(20)3)22-24-25-23(28)27(22)19-7-5-18(6-8-19)26-9-11-29-12-10-26;2*1-13(2)16-11-17(19(27)12-18(16)26)20-22-23-21(28)25(20)15-5-3-14(4-6-15)24-7-9-29-10-8-24;1-7(2)10-6-11(12(13)14)9(4)5-8(10)3;12-14-11(16)13-9-1-3-10(4-2-9)15-5-7-17-8-6-15/h5-8,13-15H,9-12H2,1-4H3,(H,25,28)(H2,24,26,29);5-8,13-15H,9-12H2,1-4H3,(H,25,28);2*3-6,11-13,26-27H,7-10H2,1-2H3,(H,23,28);5-7H,1-4H3,(H,13,14);1-4H,5-8,12H2,(H2,13,14,16). The lowest BCUT2D eigenvalue weighted by Gasteiger charge is -2.28. The SMILES string of the molecule is CC(C)c1cc(-c2n[nH]c(=O)n2-c2ccc(N3CCOCC3)cc2)c(O)cc1O.CC(C)c1cc(-c2n[nH]c(=O)n2-c2ccc(N3CCOCC3)cc2)c(O)cc1O.Cc1cc(C)c(C(C)C)cc1-c1n[nH]c(=O)n1-c1ccc(N2CCOCC2)cc1.Cc1cc(C)c(C(C)C)cc1C(=O)NNC(=O)Nc1ccc(N2CCOCC2)cc1.Cc1cc(C)c(C(C)C)cc1C(=O)O.NNC(=O)Nc1ccc(N2CCOCC2)cc1. The highest BCUT2D eigenvalue weighted by atomic mass is 16.5. The van der Waals surface area contributed by atoms with Crippen molar-refractivity contribution in [2.24, 2.45) is 5.84 Å². The molecule has 3 aromatic heterocycles. The summed E-state index contributed by atoms with van der Waals surface area (Å²) in [6, 6.07) is 55.5. The van der Waals surface area contributed by atoms with Crippen LogP contribution in [0.5, 0.6) is 23.0 Å². The van der Waals surface area contributed by atoms with Crippen LogP contribution in [0.15, 0.2) is 196 Å². The molecular weight excluding hydrogens is 1890 g/mol. The van der Waals surface area contributed by atoms with Gasteiger partial charge in [0.15, 0.2) is 17.5 Å². The van der Waals surface area contributed by atoms with E-state index in [2.05, 4.69) is 156 Å². The maximum absolute atomic E-state index is 12.6. The van der Waals surface area contributed by atoms with Crippen LogP contribution in [0.4, 0.5) is 49.4 Å². The van der Waals surface area contributed by atoms with Crippen molar-refractivity contribution in [3.8, 4) is 74.2 Å². The van der Waals surface area contributed by atoms with Gasteiger partial charge < -0.3 is 84.4 Å². The van der Waals surface area contributed by atoms with Gasteiger partial charge in [0.1, 0.15) is 23.0 Å². The molecule has 5 aliphatic heterocycles. The highest BCUT2D eigenvalue weighted by Crippen LogP contribution is 2.41. The summed E-state index contributed by atoms with van der Waals surface area (Å²) in [5, 5.41) is 75.5. The summed E-state index contributed by atoms with van der Waals surface area (Å²) >= 11 is 0. The van der Waals surface area contributed by atoms with E-state index in [1.807, 2.05) is 188 Å². The van der Waals surface area contributed by atoms with Gasteiger partial charge in [-0.15, -0.1) is 0 Å². The number of aromatic hydroxyl groups is 4. The van der Waals surface area contributed by atoms with Gasteiger partial charge >= 0.3 is 35.1 Å². The van der Waals surface area contributed by atoms with Gasteiger partial charge in [-0.2, -0.15) is 15.3 Å². The maximum atomic E-state index is 12.6. The Bertz CT molecular complexity index is 6470. The molecule has 5 saturated heterocycles. The maximum Gasteiger partial charge on any atom is 0.348 e. The van der Waals surface area contributed by atoms with Crippen molar-refractivity contribution in [1.82, 2.24) is 60.6 Å². The minimum absolute atomic E-state index is 0.0144. The Morgan fingerprint density at radius 3 is 0.865 bits per heavy atom. The van der Waals surface area contributed by atoms with Crippen molar-refractivity contribution < 1.29 is 68.4 Å². The number of aromatic carboxylic acids is 1. The summed E-state index contributed by atoms with van der Waals surface area (Å²) in [6.45, 7) is 48.3. The molecule has 5 amide bonds. The predicted molar refractivity (Wildman–Crippen MR) is 578 cm³/mol. The Balaban J connectivity index is 0.000000151. The van der Waals surface area contributed by atoms with Crippen LogP contribution in [0.3, 0.4) is 0 Å². The zero-order chi connectivity index (χ0) is 106. The summed E-state index contributed by atoms with van der Waals surface area (Å²) in [6.07, 6.45) is 0. The van der Waals surface area contributed by atoms with E-state index in [0.717, 1.165) is 178 Å². The molecule has 0 unspecified atom stereocenters. The number of ether oxygens (including phenoxy) is 5. The van der Waals surface area contributed by atoms with Gasteiger partial charge in [0.25, 0.3) is 5.91 Å². The molecule has 0 spiro atoms. The van der Waals surface area contributed by atoms with E-state index in [4.69, 9.17) is 34.6 Å². The fourth-order valence-corrected chi connectivity index (χ4v) is 18.4. The number of phenols is 4. The summed E-state index contributed by atoms with van der Waals surface area (Å²) in [4.78, 5) is 95.5. The van der Waals surface area contributed by atoms with Gasteiger partial charge in [0.2, 0.25) is 0 Å². The highest BCUT2D eigenvalue weighted by molar-refractivity contribution is 5.98. The third-order valence-electron chi connectivity index (χ3n) is 26.3. The van der Waals surface area contributed by atoms with E-state index in [-0.39, 0.29) is 58.1 Å². The Labute approximate surface area is 861 Å². The lowest BCUT2D eigenvalue weighted by molar-refractivity contribution is 0.0695. The normalized spacial score (nSPS) is 14.1. The summed E-state index contributed by atoms with van der Waals surface area (Å²) < 4.78 is 31.4. The number of carbonyl (C=O) groups is 4. The smallest absolute Gasteiger partial charge is 0.348 e. The molecule has 37 nitrogen and oxygen atoms in total. The number of carbonyl (C=O) groups excluding carboxylic acids is 3. The number of amides is 5. The van der Waals surface area contributed by atoms with Crippen LogP contribution in [0.25, 0.3) is 51.2 Å². The molecule has 37 heteroatoms. The number of urea groups is 2. The van der Waals surface area contributed by atoms with Gasteiger partial charge in [-0.3, -0.25) is 15.6 Å². The van der Waals surface area contributed by atoms with Crippen LogP contribution in [0, 0.1) is 41.5 Å². The number of aromatic amines is 3. The number of rotatable bonds is 20. The van der Waals surface area contributed by atoms with Crippen molar-refractivity contribution >= 4 is 63.8 Å². The molecule has 0 saturated carbocycles. The Morgan fingerprint density at radius 2 is 0.568 bits per heavy atom. The molecule has 5 fully saturated rings. The number of hydrogen-bond acceptors (Lipinski definition) is 25. The zero-order valence-electron chi connectivity index (χ0n) is 87.0. The molecule has 8 heterocycles. The van der Waals surface area contributed by atoms with Gasteiger partial charge in [-0.1, -0.05) is 87.4 Å². The monoisotopic (exact) mass is 2020 g/mol. The van der Waals surface area contributed by atoms with Crippen LogP contribution >= 0.6 is 0 Å². The molecule has 0 bridgehead atoms. The molecule has 148 heavy (non-hydrogen) atoms. The molecule has 15 N–H and O–H groups in total. The van der Waals surface area contributed by atoms with Crippen molar-refractivity contribution in [2.75, 3.05) is 167 Å². The number of aryl methyl sites for hydroxylation is 6. The quantitative estimate of drug-likeness (QED) is 0.0191. The number of aromatic nitrogens is 9. The number of anilines is 7. The minimum atomic E-state index is -0.843. The number of benzene rings is 10. The molecule has 0 aliphatic carbocycles. The first-order valence-corrected chi connectivity index (χ1v) is 50.0. The van der Waals surface area contributed by atoms with Crippen molar-refractivity contribution in [3.05, 3.63) is 286 Å². The van der Waals surface area contributed by atoms with E-state index < -0.39 is 29.4 Å². The fraction of sp³-hybridized carbons (Fsp3) is 0.369. The molecule has 5 aliphatic rings. The number of carboxylic acid groups (broad SMARTS) is 1. The number of hydrazine groups is 2. The number of hydrogen-bond donors (Lipinski definition) is 14. The average molecular weight is 2020 g/mol. The summed E-state index contributed by atoms with van der Waals surface area (Å²) in [7, 11) is 0. The number of nitrogens with two attached hydrogens (primary N) is 1. The highest BCUT2D eigenvalue weighted by Gasteiger charge is 2.27. The number of carboxylic acids is 1.